The van der Waals surface area contributed by atoms with Gasteiger partial charge >= 0.3 is 0 Å². The molecule has 0 fully saturated rings. The van der Waals surface area contributed by atoms with E-state index >= 15 is 0 Å². The van der Waals surface area contributed by atoms with Crippen LogP contribution in [0.5, 0.6) is 0 Å². The van der Waals surface area contributed by atoms with Crippen LogP contribution in [0.4, 0.5) is 0 Å². The monoisotopic (exact) mass is 530 g/mol. The summed E-state index contributed by atoms with van der Waals surface area (Å²) in [6, 6.07) is 15.3. The van der Waals surface area contributed by atoms with Crippen molar-refractivity contribution in [2.24, 2.45) is 0 Å². The lowest BCUT2D eigenvalue weighted by molar-refractivity contribution is 0.557. The van der Waals surface area contributed by atoms with E-state index in [-0.39, 0.29) is 22.4 Å². The molecule has 11 nitrogen and oxygen atoms in total. The van der Waals surface area contributed by atoms with Crippen LogP contribution >= 0.6 is 11.6 Å². The molecule has 4 heterocycles. The number of halogens is 1. The molecular formula is C24H15ClN8O3S. The third kappa shape index (κ3) is 4.99. The zero-order valence-corrected chi connectivity index (χ0v) is 20.6. The fourth-order valence-electron chi connectivity index (χ4n) is 3.36. The van der Waals surface area contributed by atoms with Crippen molar-refractivity contribution in [2.45, 2.75) is 4.90 Å². The second-order valence-corrected chi connectivity index (χ2v) is 10.1. The van der Waals surface area contributed by atoms with Gasteiger partial charge in [-0.3, -0.25) is 9.55 Å². The minimum absolute atomic E-state index is 0.0865. The quantitative estimate of drug-likeness (QED) is 0.316. The molecule has 0 atom stereocenters. The molecule has 0 bridgehead atoms. The molecule has 5 rings (SSSR count). The van der Waals surface area contributed by atoms with E-state index < -0.39 is 9.84 Å². The summed E-state index contributed by atoms with van der Waals surface area (Å²) in [5.41, 5.74) is 1.77. The van der Waals surface area contributed by atoms with Crippen molar-refractivity contribution >= 4 is 33.6 Å². The van der Waals surface area contributed by atoms with Gasteiger partial charge in [0.25, 0.3) is 0 Å². The van der Waals surface area contributed by atoms with Crippen molar-refractivity contribution < 1.29 is 12.8 Å². The number of nitriles is 1. The van der Waals surface area contributed by atoms with Crippen molar-refractivity contribution in [3.05, 3.63) is 83.4 Å². The zero-order chi connectivity index (χ0) is 26.0. The van der Waals surface area contributed by atoms with Crippen molar-refractivity contribution in [2.75, 3.05) is 6.26 Å². The highest BCUT2D eigenvalue weighted by atomic mass is 35.5. The fraction of sp³-hybridized carbons (Fsp3) is 0.0417. The maximum absolute atomic E-state index is 11.8. The predicted octanol–water partition coefficient (Wildman–Crippen LogP) is 3.87. The smallest absolute Gasteiger partial charge is 0.248 e. The Balaban J connectivity index is 1.54. The first-order valence-corrected chi connectivity index (χ1v) is 12.9. The maximum Gasteiger partial charge on any atom is 0.248 e. The summed E-state index contributed by atoms with van der Waals surface area (Å²) in [5.74, 6) is 1.14. The van der Waals surface area contributed by atoms with Gasteiger partial charge in [0.05, 0.1) is 15.6 Å². The second kappa shape index (κ2) is 9.73. The molecule has 13 heteroatoms. The molecule has 0 radical (unpaired) electrons. The van der Waals surface area contributed by atoms with Crippen LogP contribution in [0.25, 0.3) is 40.8 Å². The van der Waals surface area contributed by atoms with Crippen molar-refractivity contribution in [3.8, 4) is 34.7 Å². The van der Waals surface area contributed by atoms with Crippen molar-refractivity contribution in [3.63, 3.8) is 0 Å². The number of aromatic nitrogens is 7. The molecule has 0 unspecified atom stereocenters. The highest BCUT2D eigenvalue weighted by molar-refractivity contribution is 7.90. The van der Waals surface area contributed by atoms with E-state index in [4.69, 9.17) is 21.3 Å². The van der Waals surface area contributed by atoms with E-state index in [1.165, 1.54) is 18.5 Å². The largest absolute Gasteiger partial charge is 0.417 e. The SMILES string of the molecule is CS(=O)(=O)c1ccc(-c2nnc(C=Cc3nnc(-c4ccnc(C#N)c4)o3)n2-c2ccccc2Cl)nc1. The number of sulfone groups is 1. The molecule has 1 aromatic carbocycles. The van der Waals surface area contributed by atoms with E-state index in [1.807, 2.05) is 12.1 Å². The molecular weight excluding hydrogens is 516 g/mol. The Kier molecular flexibility index (Phi) is 6.31. The second-order valence-electron chi connectivity index (χ2n) is 7.64. The summed E-state index contributed by atoms with van der Waals surface area (Å²) >= 11 is 6.48. The van der Waals surface area contributed by atoms with E-state index in [0.717, 1.165) is 6.26 Å². The summed E-state index contributed by atoms with van der Waals surface area (Å²) in [7, 11) is -3.41. The Morgan fingerprint density at radius 3 is 2.59 bits per heavy atom. The van der Waals surface area contributed by atoms with Gasteiger partial charge in [0, 0.05) is 30.3 Å². The number of nitrogens with zero attached hydrogens (tertiary/aromatic N) is 8. The van der Waals surface area contributed by atoms with Crippen LogP contribution < -0.4 is 0 Å². The van der Waals surface area contributed by atoms with Crippen molar-refractivity contribution in [1.29, 1.82) is 5.26 Å². The lowest BCUT2D eigenvalue weighted by Gasteiger charge is -2.10. The molecule has 182 valence electrons. The molecule has 0 aliphatic rings. The van der Waals surface area contributed by atoms with Crippen LogP contribution in [-0.2, 0) is 9.84 Å². The average molecular weight is 531 g/mol. The first-order chi connectivity index (χ1) is 17.8. The van der Waals surface area contributed by atoms with Crippen molar-refractivity contribution in [1.82, 2.24) is 34.9 Å². The maximum atomic E-state index is 11.8. The minimum Gasteiger partial charge on any atom is -0.417 e. The van der Waals surface area contributed by atoms with Gasteiger partial charge in [-0.05, 0) is 42.5 Å². The summed E-state index contributed by atoms with van der Waals surface area (Å²) in [5, 5.41) is 26.1. The highest BCUT2D eigenvalue weighted by Gasteiger charge is 2.18. The molecule has 0 N–H and O–H groups in total. The predicted molar refractivity (Wildman–Crippen MR) is 134 cm³/mol. The summed E-state index contributed by atoms with van der Waals surface area (Å²) in [6.07, 6.45) is 7.04. The van der Waals surface area contributed by atoms with Gasteiger partial charge in [-0.2, -0.15) is 5.26 Å². The van der Waals surface area contributed by atoms with Crippen LogP contribution in [0.15, 0.2) is 70.2 Å². The normalized spacial score (nSPS) is 11.6. The number of pyridine rings is 2. The highest BCUT2D eigenvalue weighted by Crippen LogP contribution is 2.28. The molecule has 0 spiro atoms. The fourth-order valence-corrected chi connectivity index (χ4v) is 4.14. The Labute approximate surface area is 215 Å². The van der Waals surface area contributed by atoms with Gasteiger partial charge in [-0.1, -0.05) is 23.7 Å². The minimum atomic E-state index is -3.41. The molecule has 0 aliphatic carbocycles. The summed E-state index contributed by atoms with van der Waals surface area (Å²) < 4.78 is 31.0. The van der Waals surface area contributed by atoms with Crippen LogP contribution in [-0.4, -0.2) is 49.6 Å². The Bertz CT molecular complexity index is 1790. The number of rotatable bonds is 6. The van der Waals surface area contributed by atoms with Gasteiger partial charge in [0.15, 0.2) is 21.5 Å². The molecule has 0 aliphatic heterocycles. The summed E-state index contributed by atoms with van der Waals surface area (Å²) in [6.45, 7) is 0. The Morgan fingerprint density at radius 2 is 1.86 bits per heavy atom. The third-order valence-electron chi connectivity index (χ3n) is 5.11. The Morgan fingerprint density at radius 1 is 1.03 bits per heavy atom. The Hall–Kier alpha value is -4.73. The standard InChI is InChI=1S/C24H15ClN8O3S/c1-37(34,35)17-6-7-19(28-14-17)23-31-29-21(33(23)20-5-3-2-4-18(20)25)8-9-22-30-32-24(36-22)15-10-11-27-16(12-15)13-26/h2-12,14H,1H3. The van der Waals surface area contributed by atoms with Gasteiger partial charge < -0.3 is 4.42 Å². The first-order valence-electron chi connectivity index (χ1n) is 10.6. The van der Waals surface area contributed by atoms with Gasteiger partial charge in [0.1, 0.15) is 17.5 Å². The van der Waals surface area contributed by atoms with Gasteiger partial charge in [-0.25, -0.2) is 13.4 Å². The van der Waals surface area contributed by atoms with Crippen LogP contribution in [0, 0.1) is 11.3 Å². The molecule has 0 saturated heterocycles. The zero-order valence-electron chi connectivity index (χ0n) is 19.0. The van der Waals surface area contributed by atoms with E-state index in [9.17, 15) is 8.42 Å². The number of benzene rings is 1. The van der Waals surface area contributed by atoms with E-state index in [0.29, 0.717) is 33.6 Å². The summed E-state index contributed by atoms with van der Waals surface area (Å²) in [4.78, 5) is 8.29. The van der Waals surface area contributed by atoms with E-state index in [2.05, 4.69) is 30.4 Å². The third-order valence-corrected chi connectivity index (χ3v) is 6.53. The first kappa shape index (κ1) is 24.0. The van der Waals surface area contributed by atoms with Crippen LogP contribution in [0.2, 0.25) is 5.02 Å². The van der Waals surface area contributed by atoms with Crippen LogP contribution in [0.1, 0.15) is 17.4 Å². The molecule has 0 amide bonds. The number of hydrogen-bond donors (Lipinski definition) is 0. The average Bonchev–Trinajstić information content (AvgIpc) is 3.55. The molecule has 5 aromatic rings. The molecule has 4 aromatic heterocycles. The van der Waals surface area contributed by atoms with Gasteiger partial charge in [0.2, 0.25) is 11.8 Å². The van der Waals surface area contributed by atoms with Gasteiger partial charge in [-0.15, -0.1) is 20.4 Å². The molecule has 0 saturated carbocycles. The number of hydrogen-bond acceptors (Lipinski definition) is 10. The topological polar surface area (TPSA) is 153 Å². The number of para-hydroxylation sites is 1. The molecule has 37 heavy (non-hydrogen) atoms. The lowest BCUT2D eigenvalue weighted by Crippen LogP contribution is -2.03. The lowest BCUT2D eigenvalue weighted by atomic mass is 10.2. The van der Waals surface area contributed by atoms with E-state index in [1.54, 1.807) is 53.1 Å². The van der Waals surface area contributed by atoms with Crippen LogP contribution in [0.3, 0.4) is 0 Å².